The maximum Gasteiger partial charge on any atom is 0.319 e. The number of urea groups is 1. The number of carbonyl (C=O) groups excluding carboxylic acids is 1. The van der Waals surface area contributed by atoms with Crippen LogP contribution in [0.25, 0.3) is 21.7 Å². The number of hydrogen-bond donors (Lipinski definition) is 2. The Balaban J connectivity index is 1.53. The van der Waals surface area contributed by atoms with Crippen molar-refractivity contribution in [3.8, 4) is 11.6 Å². The summed E-state index contributed by atoms with van der Waals surface area (Å²) in [6.45, 7) is 0.343. The molecule has 0 fully saturated rings. The van der Waals surface area contributed by atoms with Gasteiger partial charge in [0.25, 0.3) is 0 Å². The van der Waals surface area contributed by atoms with Crippen LogP contribution in [-0.2, 0) is 6.54 Å². The summed E-state index contributed by atoms with van der Waals surface area (Å²) in [4.78, 5) is 16.9. The van der Waals surface area contributed by atoms with E-state index < -0.39 is 0 Å². The molecule has 0 aliphatic heterocycles. The van der Waals surface area contributed by atoms with Gasteiger partial charge in [-0.3, -0.25) is 0 Å². The summed E-state index contributed by atoms with van der Waals surface area (Å²) in [6.07, 6.45) is 0. The van der Waals surface area contributed by atoms with Crippen LogP contribution in [0.4, 0.5) is 10.5 Å². The first kappa shape index (κ1) is 18.6. The minimum absolute atomic E-state index is 0.304. The number of methoxy groups -OCH3 is 2. The summed E-state index contributed by atoms with van der Waals surface area (Å²) >= 11 is 0. The van der Waals surface area contributed by atoms with E-state index in [1.807, 2.05) is 66.7 Å². The number of nitrogens with zero attached hydrogens (tertiary/aromatic N) is 1. The number of hydrogen-bond acceptors (Lipinski definition) is 4. The Morgan fingerprint density at radius 1 is 0.931 bits per heavy atom. The molecule has 29 heavy (non-hydrogen) atoms. The first-order chi connectivity index (χ1) is 14.2. The Morgan fingerprint density at radius 2 is 1.69 bits per heavy atom. The quantitative estimate of drug-likeness (QED) is 0.519. The molecule has 0 bridgehead atoms. The highest BCUT2D eigenvalue weighted by atomic mass is 16.5. The second-order valence-corrected chi connectivity index (χ2v) is 6.55. The molecule has 0 spiro atoms. The second-order valence-electron chi connectivity index (χ2n) is 6.55. The van der Waals surface area contributed by atoms with Crippen LogP contribution in [0, 0.1) is 0 Å². The van der Waals surface area contributed by atoms with Crippen LogP contribution in [0.1, 0.15) is 5.56 Å². The molecular weight excluding hydrogens is 366 g/mol. The fraction of sp³-hybridized carbons (Fsp3) is 0.130. The van der Waals surface area contributed by atoms with Gasteiger partial charge >= 0.3 is 6.03 Å². The van der Waals surface area contributed by atoms with Gasteiger partial charge in [0.05, 0.1) is 19.7 Å². The van der Waals surface area contributed by atoms with E-state index in [1.54, 1.807) is 14.2 Å². The van der Waals surface area contributed by atoms with Crippen LogP contribution in [0.2, 0.25) is 0 Å². The van der Waals surface area contributed by atoms with Crippen molar-refractivity contribution in [1.82, 2.24) is 10.3 Å². The van der Waals surface area contributed by atoms with E-state index in [9.17, 15) is 4.79 Å². The summed E-state index contributed by atoms with van der Waals surface area (Å²) in [6, 6.07) is 20.9. The van der Waals surface area contributed by atoms with Crippen molar-refractivity contribution in [2.45, 2.75) is 6.54 Å². The highest BCUT2D eigenvalue weighted by molar-refractivity contribution is 5.96. The molecule has 4 aromatic rings. The van der Waals surface area contributed by atoms with Gasteiger partial charge in [0.15, 0.2) is 0 Å². The first-order valence-electron chi connectivity index (χ1n) is 9.22. The molecule has 6 nitrogen and oxygen atoms in total. The number of aromatic nitrogens is 1. The van der Waals surface area contributed by atoms with Gasteiger partial charge < -0.3 is 20.1 Å². The van der Waals surface area contributed by atoms with E-state index in [1.165, 1.54) is 0 Å². The molecule has 0 saturated heterocycles. The zero-order valence-electron chi connectivity index (χ0n) is 16.2. The van der Waals surface area contributed by atoms with E-state index in [4.69, 9.17) is 9.47 Å². The molecule has 0 radical (unpaired) electrons. The zero-order valence-corrected chi connectivity index (χ0v) is 16.2. The van der Waals surface area contributed by atoms with Crippen molar-refractivity contribution in [3.05, 3.63) is 72.3 Å². The van der Waals surface area contributed by atoms with Crippen LogP contribution in [0.15, 0.2) is 66.7 Å². The van der Waals surface area contributed by atoms with E-state index in [0.29, 0.717) is 23.9 Å². The van der Waals surface area contributed by atoms with Crippen LogP contribution in [0.5, 0.6) is 11.6 Å². The fourth-order valence-corrected chi connectivity index (χ4v) is 3.34. The molecule has 146 valence electrons. The molecule has 1 heterocycles. The van der Waals surface area contributed by atoms with Gasteiger partial charge in [-0.25, -0.2) is 9.78 Å². The summed E-state index contributed by atoms with van der Waals surface area (Å²) in [5.41, 5.74) is 2.41. The SMILES string of the molecule is COc1cc(CNC(=O)Nc2cc(OC)c3ccccc3c2)c2ccccc2n1. The van der Waals surface area contributed by atoms with Crippen LogP contribution < -0.4 is 20.1 Å². The molecule has 0 aliphatic rings. The third-order valence-electron chi connectivity index (χ3n) is 4.73. The predicted molar refractivity (Wildman–Crippen MR) is 115 cm³/mol. The molecule has 6 heteroatoms. The number of ether oxygens (including phenoxy) is 2. The topological polar surface area (TPSA) is 72.5 Å². The van der Waals surface area contributed by atoms with E-state index in [0.717, 1.165) is 27.2 Å². The van der Waals surface area contributed by atoms with Crippen molar-refractivity contribution in [2.24, 2.45) is 0 Å². The summed E-state index contributed by atoms with van der Waals surface area (Å²) < 4.78 is 10.7. The van der Waals surface area contributed by atoms with Crippen molar-refractivity contribution in [2.75, 3.05) is 19.5 Å². The number of carbonyl (C=O) groups is 1. The van der Waals surface area contributed by atoms with E-state index in [-0.39, 0.29) is 6.03 Å². The van der Waals surface area contributed by atoms with Gasteiger partial charge in [-0.2, -0.15) is 0 Å². The maximum atomic E-state index is 12.5. The Kier molecular flexibility index (Phi) is 5.16. The number of para-hydroxylation sites is 1. The molecule has 2 amide bonds. The smallest absolute Gasteiger partial charge is 0.319 e. The Bertz CT molecular complexity index is 1190. The van der Waals surface area contributed by atoms with E-state index >= 15 is 0 Å². The summed E-state index contributed by atoms with van der Waals surface area (Å²) in [5.74, 6) is 1.23. The largest absolute Gasteiger partial charge is 0.496 e. The minimum Gasteiger partial charge on any atom is -0.496 e. The molecule has 0 aliphatic carbocycles. The lowest BCUT2D eigenvalue weighted by molar-refractivity contribution is 0.252. The summed E-state index contributed by atoms with van der Waals surface area (Å²) in [7, 11) is 3.20. The second kappa shape index (κ2) is 8.06. The molecule has 0 unspecified atom stereocenters. The van der Waals surface area contributed by atoms with Crippen molar-refractivity contribution in [1.29, 1.82) is 0 Å². The number of rotatable bonds is 5. The van der Waals surface area contributed by atoms with Gasteiger partial charge in [-0.15, -0.1) is 0 Å². The molecule has 3 aromatic carbocycles. The third kappa shape index (κ3) is 3.91. The predicted octanol–water partition coefficient (Wildman–Crippen LogP) is 4.73. The van der Waals surface area contributed by atoms with Gasteiger partial charge in [-0.1, -0.05) is 42.5 Å². The average Bonchev–Trinajstić information content (AvgIpc) is 2.76. The van der Waals surface area contributed by atoms with Crippen molar-refractivity contribution >= 4 is 33.4 Å². The van der Waals surface area contributed by atoms with E-state index in [2.05, 4.69) is 15.6 Å². The minimum atomic E-state index is -0.304. The molecule has 0 saturated carbocycles. The lowest BCUT2D eigenvalue weighted by Gasteiger charge is -2.13. The molecule has 0 atom stereocenters. The fourth-order valence-electron chi connectivity index (χ4n) is 3.34. The van der Waals surface area contributed by atoms with Crippen molar-refractivity contribution < 1.29 is 14.3 Å². The number of amides is 2. The maximum absolute atomic E-state index is 12.5. The highest BCUT2D eigenvalue weighted by Gasteiger charge is 2.10. The first-order valence-corrected chi connectivity index (χ1v) is 9.22. The number of fused-ring (bicyclic) bond motifs is 2. The zero-order chi connectivity index (χ0) is 20.2. The third-order valence-corrected chi connectivity index (χ3v) is 4.73. The molecule has 4 rings (SSSR count). The van der Waals surface area contributed by atoms with Gasteiger partial charge in [0, 0.05) is 35.1 Å². The van der Waals surface area contributed by atoms with Crippen LogP contribution in [0.3, 0.4) is 0 Å². The molecule has 2 N–H and O–H groups in total. The molecule has 1 aromatic heterocycles. The average molecular weight is 387 g/mol. The number of pyridine rings is 1. The van der Waals surface area contributed by atoms with Crippen LogP contribution >= 0.6 is 0 Å². The normalized spacial score (nSPS) is 10.7. The number of anilines is 1. The standard InChI is InChI=1S/C23H21N3O3/c1-28-21-13-17(11-15-7-3-4-9-19(15)21)25-23(27)24-14-16-12-22(29-2)26-20-10-6-5-8-18(16)20/h3-13H,14H2,1-2H3,(H2,24,25,27). The lowest BCUT2D eigenvalue weighted by Crippen LogP contribution is -2.28. The van der Waals surface area contributed by atoms with Crippen molar-refractivity contribution in [3.63, 3.8) is 0 Å². The number of benzene rings is 3. The Morgan fingerprint density at radius 3 is 2.48 bits per heavy atom. The molecular formula is C23H21N3O3. The van der Waals surface area contributed by atoms with Gasteiger partial charge in [-0.05, 0) is 23.1 Å². The number of nitrogens with one attached hydrogen (secondary N) is 2. The Labute approximate surface area is 168 Å². The van der Waals surface area contributed by atoms with Gasteiger partial charge in [0.2, 0.25) is 5.88 Å². The summed E-state index contributed by atoms with van der Waals surface area (Å²) in [5, 5.41) is 8.74. The van der Waals surface area contributed by atoms with Gasteiger partial charge in [0.1, 0.15) is 5.75 Å². The van der Waals surface area contributed by atoms with Crippen LogP contribution in [-0.4, -0.2) is 25.2 Å². The highest BCUT2D eigenvalue weighted by Crippen LogP contribution is 2.29. The Hall–Kier alpha value is -3.80. The lowest BCUT2D eigenvalue weighted by atomic mass is 10.1. The monoisotopic (exact) mass is 387 g/mol.